The van der Waals surface area contributed by atoms with Gasteiger partial charge in [-0.15, -0.1) is 0 Å². The second-order valence-corrected chi connectivity index (χ2v) is 7.91. The topological polar surface area (TPSA) is 70.6 Å². The molecule has 0 heterocycles. The molecule has 1 aliphatic rings. The van der Waals surface area contributed by atoms with E-state index in [0.717, 1.165) is 42.4 Å². The highest BCUT2D eigenvalue weighted by atomic mass is 16.2. The summed E-state index contributed by atoms with van der Waals surface area (Å²) in [5, 5.41) is 7.07. The lowest BCUT2D eigenvalue weighted by atomic mass is 9.88. The van der Waals surface area contributed by atoms with E-state index in [-0.39, 0.29) is 17.7 Å². The first-order valence-electron chi connectivity index (χ1n) is 10.3. The first kappa shape index (κ1) is 20.8. The molecule has 152 valence electrons. The van der Waals surface area contributed by atoms with Crippen molar-refractivity contribution >= 4 is 23.7 Å². The number of aryl methyl sites for hydroxylation is 3. The number of hydrogen-bond donors (Lipinski definition) is 2. The fourth-order valence-electron chi connectivity index (χ4n) is 3.93. The Kier molecular flexibility index (Phi) is 6.81. The lowest BCUT2D eigenvalue weighted by molar-refractivity contribution is -0.120. The Labute approximate surface area is 172 Å². The van der Waals surface area contributed by atoms with E-state index >= 15 is 0 Å². The van der Waals surface area contributed by atoms with E-state index in [1.165, 1.54) is 12.0 Å². The molecule has 5 nitrogen and oxygen atoms in total. The fraction of sp³-hybridized carbons (Fsp3) is 0.375. The molecule has 0 radical (unpaired) electrons. The fourth-order valence-corrected chi connectivity index (χ4v) is 3.93. The molecule has 1 aliphatic carbocycles. The number of amides is 2. The van der Waals surface area contributed by atoms with Crippen molar-refractivity contribution in [3.8, 4) is 0 Å². The third kappa shape index (κ3) is 5.53. The maximum absolute atomic E-state index is 12.3. The second-order valence-electron chi connectivity index (χ2n) is 7.91. The summed E-state index contributed by atoms with van der Waals surface area (Å²) in [7, 11) is 0. The van der Waals surface area contributed by atoms with Gasteiger partial charge in [-0.3, -0.25) is 9.59 Å². The summed E-state index contributed by atoms with van der Waals surface area (Å²) in [5.74, 6) is -0.0982. The molecule has 2 N–H and O–H groups in total. The number of hydrazone groups is 1. The van der Waals surface area contributed by atoms with Gasteiger partial charge in [0.05, 0.1) is 6.21 Å². The smallest absolute Gasteiger partial charge is 0.271 e. The van der Waals surface area contributed by atoms with Crippen LogP contribution in [0.4, 0.5) is 5.69 Å². The third-order valence-electron chi connectivity index (χ3n) is 5.49. The van der Waals surface area contributed by atoms with E-state index < -0.39 is 0 Å². The molecule has 2 aromatic rings. The predicted molar refractivity (Wildman–Crippen MR) is 117 cm³/mol. The minimum atomic E-state index is -0.283. The van der Waals surface area contributed by atoms with Gasteiger partial charge in [0, 0.05) is 22.7 Å². The summed E-state index contributed by atoms with van der Waals surface area (Å²) < 4.78 is 0. The highest BCUT2D eigenvalue weighted by molar-refractivity contribution is 5.96. The van der Waals surface area contributed by atoms with Gasteiger partial charge in [0.1, 0.15) is 0 Å². The summed E-state index contributed by atoms with van der Waals surface area (Å²) in [6.45, 7) is 6.12. The normalized spacial score (nSPS) is 14.7. The quantitative estimate of drug-likeness (QED) is 0.562. The zero-order chi connectivity index (χ0) is 20.8. The van der Waals surface area contributed by atoms with E-state index in [1.807, 2.05) is 13.8 Å². The third-order valence-corrected chi connectivity index (χ3v) is 5.49. The van der Waals surface area contributed by atoms with Crippen LogP contribution in [0.3, 0.4) is 0 Å². The van der Waals surface area contributed by atoms with Gasteiger partial charge in [0.25, 0.3) is 5.91 Å². The van der Waals surface area contributed by atoms with Crippen LogP contribution in [0, 0.1) is 26.7 Å². The van der Waals surface area contributed by atoms with Crippen molar-refractivity contribution in [3.63, 3.8) is 0 Å². The van der Waals surface area contributed by atoms with E-state index in [0.29, 0.717) is 11.3 Å². The van der Waals surface area contributed by atoms with Gasteiger partial charge in [-0.1, -0.05) is 37.0 Å². The lowest BCUT2D eigenvalue weighted by Gasteiger charge is -2.20. The van der Waals surface area contributed by atoms with E-state index in [2.05, 4.69) is 34.9 Å². The predicted octanol–water partition coefficient (Wildman–Crippen LogP) is 4.89. The molecule has 0 atom stereocenters. The van der Waals surface area contributed by atoms with Crippen molar-refractivity contribution in [3.05, 3.63) is 64.2 Å². The number of hydrogen-bond acceptors (Lipinski definition) is 3. The molecule has 0 spiro atoms. The van der Waals surface area contributed by atoms with Crippen LogP contribution in [0.25, 0.3) is 0 Å². The number of anilines is 1. The molecule has 0 saturated heterocycles. The molecule has 0 bridgehead atoms. The van der Waals surface area contributed by atoms with Gasteiger partial charge in [-0.05, 0) is 69.0 Å². The van der Waals surface area contributed by atoms with Gasteiger partial charge >= 0.3 is 0 Å². The molecule has 2 amide bonds. The minimum Gasteiger partial charge on any atom is -0.326 e. The average molecular weight is 392 g/mol. The summed E-state index contributed by atoms with van der Waals surface area (Å²) in [6, 6.07) is 11.1. The Morgan fingerprint density at radius 2 is 1.59 bits per heavy atom. The number of rotatable bonds is 5. The maximum atomic E-state index is 12.3. The van der Waals surface area contributed by atoms with Crippen LogP contribution in [0.5, 0.6) is 0 Å². The monoisotopic (exact) mass is 391 g/mol. The van der Waals surface area contributed by atoms with Gasteiger partial charge in [-0.25, -0.2) is 5.43 Å². The van der Waals surface area contributed by atoms with Crippen molar-refractivity contribution in [2.45, 2.75) is 52.9 Å². The molecule has 0 aromatic heterocycles. The van der Waals surface area contributed by atoms with Crippen LogP contribution in [-0.2, 0) is 4.79 Å². The van der Waals surface area contributed by atoms with Crippen molar-refractivity contribution in [2.75, 3.05) is 5.32 Å². The van der Waals surface area contributed by atoms with Gasteiger partial charge in [-0.2, -0.15) is 5.10 Å². The molecular formula is C24H29N3O2. The lowest BCUT2D eigenvalue weighted by Crippen LogP contribution is -2.24. The summed E-state index contributed by atoms with van der Waals surface area (Å²) >= 11 is 0. The molecule has 3 rings (SSSR count). The Morgan fingerprint density at radius 3 is 2.21 bits per heavy atom. The Bertz CT molecular complexity index is 887. The van der Waals surface area contributed by atoms with Crippen LogP contribution in [0.1, 0.15) is 64.7 Å². The summed E-state index contributed by atoms with van der Waals surface area (Å²) in [6.07, 6.45) is 7.08. The van der Waals surface area contributed by atoms with Crippen LogP contribution in [-0.4, -0.2) is 18.0 Å². The zero-order valence-electron chi connectivity index (χ0n) is 17.4. The van der Waals surface area contributed by atoms with Crippen molar-refractivity contribution in [1.29, 1.82) is 0 Å². The molecule has 29 heavy (non-hydrogen) atoms. The first-order chi connectivity index (χ1) is 13.9. The van der Waals surface area contributed by atoms with Gasteiger partial charge < -0.3 is 5.32 Å². The molecule has 1 saturated carbocycles. The SMILES string of the molecule is Cc1cc(C)c(/C=N/NC(=O)c2ccc(NC(=O)C3CCCCC3)cc2)c(C)c1. The molecule has 1 fully saturated rings. The molecule has 0 aliphatic heterocycles. The molecule has 5 heteroatoms. The number of nitrogens with zero attached hydrogens (tertiary/aromatic N) is 1. The largest absolute Gasteiger partial charge is 0.326 e. The molecule has 2 aromatic carbocycles. The highest BCUT2D eigenvalue weighted by Crippen LogP contribution is 2.25. The second kappa shape index (κ2) is 9.50. The first-order valence-corrected chi connectivity index (χ1v) is 10.3. The van der Waals surface area contributed by atoms with Crippen molar-refractivity contribution < 1.29 is 9.59 Å². The van der Waals surface area contributed by atoms with Crippen LogP contribution < -0.4 is 10.7 Å². The van der Waals surface area contributed by atoms with Crippen molar-refractivity contribution in [2.24, 2.45) is 11.0 Å². The van der Waals surface area contributed by atoms with E-state index in [1.54, 1.807) is 30.5 Å². The maximum Gasteiger partial charge on any atom is 0.271 e. The average Bonchev–Trinajstić information content (AvgIpc) is 2.71. The Hall–Kier alpha value is -2.95. The number of benzene rings is 2. The standard InChI is InChI=1S/C24H29N3O2/c1-16-13-17(2)22(18(3)14-16)15-25-27-24(29)20-9-11-21(12-10-20)26-23(28)19-7-5-4-6-8-19/h9-15,19H,4-8H2,1-3H3,(H,26,28)(H,27,29)/b25-15+. The Morgan fingerprint density at radius 1 is 0.966 bits per heavy atom. The summed E-state index contributed by atoms with van der Waals surface area (Å²) in [4.78, 5) is 24.7. The molecule has 0 unspecified atom stereocenters. The van der Waals surface area contributed by atoms with Crippen LogP contribution in [0.15, 0.2) is 41.5 Å². The molecular weight excluding hydrogens is 362 g/mol. The van der Waals surface area contributed by atoms with E-state index in [4.69, 9.17) is 0 Å². The zero-order valence-corrected chi connectivity index (χ0v) is 17.4. The highest BCUT2D eigenvalue weighted by Gasteiger charge is 2.21. The van der Waals surface area contributed by atoms with Crippen LogP contribution in [0.2, 0.25) is 0 Å². The van der Waals surface area contributed by atoms with Crippen LogP contribution >= 0.6 is 0 Å². The Balaban J connectivity index is 1.57. The number of carbonyl (C=O) groups excluding carboxylic acids is 2. The van der Waals surface area contributed by atoms with Crippen molar-refractivity contribution in [1.82, 2.24) is 5.43 Å². The minimum absolute atomic E-state index is 0.0790. The van der Waals surface area contributed by atoms with E-state index in [9.17, 15) is 9.59 Å². The number of carbonyl (C=O) groups is 2. The van der Waals surface area contributed by atoms with Gasteiger partial charge in [0.15, 0.2) is 0 Å². The summed E-state index contributed by atoms with van der Waals surface area (Å²) in [5.41, 5.74) is 8.25. The van der Waals surface area contributed by atoms with Gasteiger partial charge in [0.2, 0.25) is 5.91 Å². The number of nitrogens with one attached hydrogen (secondary N) is 2.